The second kappa shape index (κ2) is 8.68. The number of aromatic nitrogens is 1. The van der Waals surface area contributed by atoms with Gasteiger partial charge in [-0.15, -0.1) is 0 Å². The average Bonchev–Trinajstić information content (AvgIpc) is 3.17. The van der Waals surface area contributed by atoms with E-state index in [2.05, 4.69) is 29.8 Å². The zero-order valence-corrected chi connectivity index (χ0v) is 18.1. The number of fused-ring (bicyclic) bond motifs is 1. The van der Waals surface area contributed by atoms with Crippen LogP contribution in [0, 0.1) is 12.7 Å². The summed E-state index contributed by atoms with van der Waals surface area (Å²) in [5.41, 5.74) is 4.72. The van der Waals surface area contributed by atoms with Crippen LogP contribution >= 0.6 is 0 Å². The summed E-state index contributed by atoms with van der Waals surface area (Å²) < 4.78 is 26.0. The number of hydrogen-bond donors (Lipinski definition) is 1. The number of benzene rings is 2. The Labute approximate surface area is 178 Å². The predicted molar refractivity (Wildman–Crippen MR) is 120 cm³/mol. The monoisotopic (exact) mass is 409 g/mol. The number of aryl methyl sites for hydroxylation is 1. The number of likely N-dealkylation sites (tertiary alicyclic amines) is 1. The summed E-state index contributed by atoms with van der Waals surface area (Å²) in [4.78, 5) is 5.70. The van der Waals surface area contributed by atoms with Crippen molar-refractivity contribution >= 4 is 10.9 Å². The molecule has 0 atom stereocenters. The Kier molecular flexibility index (Phi) is 6.00. The van der Waals surface area contributed by atoms with Gasteiger partial charge in [-0.2, -0.15) is 0 Å². The van der Waals surface area contributed by atoms with Gasteiger partial charge in [-0.3, -0.25) is 0 Å². The molecule has 4 nitrogen and oxygen atoms in total. The lowest BCUT2D eigenvalue weighted by atomic mass is 9.88. The van der Waals surface area contributed by atoms with Crippen LogP contribution in [0.15, 0.2) is 30.3 Å². The highest BCUT2D eigenvalue weighted by Crippen LogP contribution is 2.39. The van der Waals surface area contributed by atoms with E-state index in [4.69, 9.17) is 9.47 Å². The Morgan fingerprint density at radius 3 is 2.47 bits per heavy atom. The molecule has 0 unspecified atom stereocenters. The van der Waals surface area contributed by atoms with Crippen molar-refractivity contribution in [2.24, 2.45) is 0 Å². The van der Waals surface area contributed by atoms with Gasteiger partial charge in [0.05, 0.1) is 19.7 Å². The van der Waals surface area contributed by atoms with Gasteiger partial charge in [0.15, 0.2) is 11.5 Å². The largest absolute Gasteiger partial charge is 0.493 e. The standard InChI is InChI=1S/C25H30FN2O2/c1-5-19-20-13-18(16-9-11-28(6-2)12-10-16)14-21(26)25(20)27-24(19)17-7-8-22(29-3)23(15-17)30-4/h7-8,13-16,27H,2,5-6,9-12H2,1,3-4H3. The summed E-state index contributed by atoms with van der Waals surface area (Å²) in [6.07, 6.45) is 2.91. The summed E-state index contributed by atoms with van der Waals surface area (Å²) in [6, 6.07) is 9.73. The van der Waals surface area contributed by atoms with Gasteiger partial charge in [-0.1, -0.05) is 6.92 Å². The molecule has 1 saturated heterocycles. The molecule has 1 fully saturated rings. The Morgan fingerprint density at radius 2 is 1.83 bits per heavy atom. The number of H-pyrrole nitrogens is 1. The highest BCUT2D eigenvalue weighted by Gasteiger charge is 2.23. The summed E-state index contributed by atoms with van der Waals surface area (Å²) in [6.45, 7) is 8.99. The number of methoxy groups -OCH3 is 2. The maximum absolute atomic E-state index is 15.2. The summed E-state index contributed by atoms with van der Waals surface area (Å²) in [5.74, 6) is 1.56. The smallest absolute Gasteiger partial charge is 0.161 e. The van der Waals surface area contributed by atoms with Gasteiger partial charge in [-0.05, 0) is 93.2 Å². The number of piperidine rings is 1. The SMILES string of the molecule is [CH2]CN1CCC(c2cc(F)c3[nH]c(-c4ccc(OC)c(OC)c4)c(CC)c3c2)CC1. The first kappa shape index (κ1) is 20.7. The Bertz CT molecular complexity index is 1040. The first-order valence-electron chi connectivity index (χ1n) is 10.7. The van der Waals surface area contributed by atoms with E-state index >= 15 is 4.39 Å². The lowest BCUT2D eigenvalue weighted by Crippen LogP contribution is -2.32. The van der Waals surface area contributed by atoms with Crippen LogP contribution in [0.1, 0.15) is 36.8 Å². The molecule has 1 aromatic heterocycles. The molecule has 5 heteroatoms. The minimum absolute atomic E-state index is 0.177. The third-order valence-electron chi connectivity index (χ3n) is 6.39. The van der Waals surface area contributed by atoms with Gasteiger partial charge in [0, 0.05) is 16.6 Å². The van der Waals surface area contributed by atoms with E-state index in [1.807, 2.05) is 18.2 Å². The van der Waals surface area contributed by atoms with Crippen molar-refractivity contribution in [2.75, 3.05) is 33.9 Å². The zero-order chi connectivity index (χ0) is 21.3. The number of nitrogens with zero attached hydrogens (tertiary/aromatic N) is 1. The van der Waals surface area contributed by atoms with E-state index < -0.39 is 0 Å². The summed E-state index contributed by atoms with van der Waals surface area (Å²) in [7, 11) is 3.25. The topological polar surface area (TPSA) is 37.5 Å². The molecule has 0 saturated carbocycles. The van der Waals surface area contributed by atoms with Crippen LogP contribution in [-0.2, 0) is 6.42 Å². The molecule has 0 bridgehead atoms. The van der Waals surface area contributed by atoms with Gasteiger partial charge in [0.25, 0.3) is 0 Å². The van der Waals surface area contributed by atoms with Crippen molar-refractivity contribution in [3.63, 3.8) is 0 Å². The number of ether oxygens (including phenoxy) is 2. The predicted octanol–water partition coefficient (Wildman–Crippen LogP) is 5.57. The van der Waals surface area contributed by atoms with E-state index in [9.17, 15) is 0 Å². The molecular weight excluding hydrogens is 379 g/mol. The van der Waals surface area contributed by atoms with Crippen molar-refractivity contribution in [3.8, 4) is 22.8 Å². The number of rotatable bonds is 6. The highest BCUT2D eigenvalue weighted by molar-refractivity contribution is 5.92. The molecule has 2 aromatic carbocycles. The van der Waals surface area contributed by atoms with Crippen LogP contribution in [0.3, 0.4) is 0 Å². The van der Waals surface area contributed by atoms with Crippen molar-refractivity contribution in [1.82, 2.24) is 9.88 Å². The maximum Gasteiger partial charge on any atom is 0.161 e. The third-order valence-corrected chi connectivity index (χ3v) is 6.39. The van der Waals surface area contributed by atoms with E-state index in [0.717, 1.165) is 66.7 Å². The number of halogens is 1. The molecule has 1 aliphatic heterocycles. The molecule has 0 amide bonds. The molecule has 0 aliphatic carbocycles. The Hall–Kier alpha value is -2.53. The quantitative estimate of drug-likeness (QED) is 0.579. The van der Waals surface area contributed by atoms with Crippen LogP contribution in [0.5, 0.6) is 11.5 Å². The minimum atomic E-state index is -0.177. The van der Waals surface area contributed by atoms with Crippen molar-refractivity contribution in [1.29, 1.82) is 0 Å². The second-order valence-electron chi connectivity index (χ2n) is 7.94. The van der Waals surface area contributed by atoms with Gasteiger partial charge in [-0.25, -0.2) is 4.39 Å². The van der Waals surface area contributed by atoms with Crippen LogP contribution in [0.4, 0.5) is 4.39 Å². The van der Waals surface area contributed by atoms with Crippen molar-refractivity contribution in [2.45, 2.75) is 32.1 Å². The fourth-order valence-electron chi connectivity index (χ4n) is 4.66. The molecule has 30 heavy (non-hydrogen) atoms. The molecule has 1 N–H and O–H groups in total. The lowest BCUT2D eigenvalue weighted by Gasteiger charge is -2.31. The fraction of sp³-hybridized carbons (Fsp3) is 0.400. The molecule has 3 aromatic rings. The normalized spacial score (nSPS) is 15.6. The molecule has 1 radical (unpaired) electrons. The lowest BCUT2D eigenvalue weighted by molar-refractivity contribution is 0.231. The Balaban J connectivity index is 1.77. The molecule has 1 aliphatic rings. The molecular formula is C25H30FN2O2. The fourth-order valence-corrected chi connectivity index (χ4v) is 4.66. The number of nitrogens with one attached hydrogen (secondary N) is 1. The van der Waals surface area contributed by atoms with E-state index in [0.29, 0.717) is 22.9 Å². The van der Waals surface area contributed by atoms with E-state index in [1.165, 1.54) is 0 Å². The molecule has 2 heterocycles. The maximum atomic E-state index is 15.2. The van der Waals surface area contributed by atoms with Crippen LogP contribution in [0.2, 0.25) is 0 Å². The first-order valence-corrected chi connectivity index (χ1v) is 10.7. The zero-order valence-electron chi connectivity index (χ0n) is 18.1. The summed E-state index contributed by atoms with van der Waals surface area (Å²) >= 11 is 0. The highest BCUT2D eigenvalue weighted by atomic mass is 19.1. The van der Waals surface area contributed by atoms with Gasteiger partial charge in [0.1, 0.15) is 5.82 Å². The van der Waals surface area contributed by atoms with Crippen molar-refractivity contribution < 1.29 is 13.9 Å². The van der Waals surface area contributed by atoms with Crippen LogP contribution in [0.25, 0.3) is 22.2 Å². The summed E-state index contributed by atoms with van der Waals surface area (Å²) in [5, 5.41) is 0.983. The van der Waals surface area contributed by atoms with Crippen LogP contribution in [-0.4, -0.2) is 43.7 Å². The van der Waals surface area contributed by atoms with E-state index in [1.54, 1.807) is 20.3 Å². The van der Waals surface area contributed by atoms with Gasteiger partial charge >= 0.3 is 0 Å². The number of aromatic amines is 1. The minimum Gasteiger partial charge on any atom is -0.493 e. The Morgan fingerprint density at radius 1 is 1.10 bits per heavy atom. The first-order chi connectivity index (χ1) is 14.6. The van der Waals surface area contributed by atoms with Gasteiger partial charge in [0.2, 0.25) is 0 Å². The number of hydrogen-bond acceptors (Lipinski definition) is 3. The third kappa shape index (κ3) is 3.67. The van der Waals surface area contributed by atoms with E-state index in [-0.39, 0.29) is 5.82 Å². The molecule has 4 rings (SSSR count). The van der Waals surface area contributed by atoms with Crippen LogP contribution < -0.4 is 9.47 Å². The molecule has 0 spiro atoms. The van der Waals surface area contributed by atoms with Gasteiger partial charge < -0.3 is 19.4 Å². The molecule has 159 valence electrons. The second-order valence-corrected chi connectivity index (χ2v) is 7.94. The van der Waals surface area contributed by atoms with Crippen molar-refractivity contribution in [3.05, 3.63) is 54.2 Å². The average molecular weight is 410 g/mol.